The van der Waals surface area contributed by atoms with Gasteiger partial charge in [0, 0.05) is 22.3 Å². The molecule has 0 fully saturated rings. The number of hydrogen-bond donors (Lipinski definition) is 0. The molecule has 0 amide bonds. The Morgan fingerprint density at radius 3 is 1.40 bits per heavy atom. The van der Waals surface area contributed by atoms with Gasteiger partial charge >= 0.3 is 0 Å². The second-order valence-electron chi connectivity index (χ2n) is 4.70. The van der Waals surface area contributed by atoms with E-state index in [4.69, 9.17) is 0 Å². The van der Waals surface area contributed by atoms with E-state index in [0.717, 1.165) is 36.5 Å². The first-order chi connectivity index (χ1) is 9.42. The summed E-state index contributed by atoms with van der Waals surface area (Å²) in [7, 11) is 0. The quantitative estimate of drug-likeness (QED) is 0.565. The lowest BCUT2D eigenvalue weighted by Crippen LogP contribution is -2.28. The van der Waals surface area contributed by atoms with E-state index < -0.39 is 34.1 Å². The van der Waals surface area contributed by atoms with Crippen LogP contribution in [0, 0.1) is 0 Å². The molecular formula is C16H10F4. The highest BCUT2D eigenvalue weighted by molar-refractivity contribution is 5.58. The monoisotopic (exact) mass is 278 g/mol. The van der Waals surface area contributed by atoms with E-state index in [1.165, 1.54) is 24.3 Å². The fourth-order valence-corrected chi connectivity index (χ4v) is 2.28. The van der Waals surface area contributed by atoms with Crippen molar-refractivity contribution in [3.05, 3.63) is 83.1 Å². The molecule has 0 radical (unpaired) electrons. The maximum Gasteiger partial charge on any atom is 0.298 e. The molecule has 3 aliphatic carbocycles. The Hall–Kier alpha value is -2.10. The summed E-state index contributed by atoms with van der Waals surface area (Å²) in [5.41, 5.74) is -1.74. The normalized spacial score (nSPS) is 25.4. The number of fused-ring (bicyclic) bond motifs is 4. The predicted molar refractivity (Wildman–Crippen MR) is 69.6 cm³/mol. The van der Waals surface area contributed by atoms with Gasteiger partial charge in [-0.15, -0.1) is 0 Å². The Kier molecular flexibility index (Phi) is 2.71. The molecule has 3 aliphatic rings. The molecule has 3 rings (SSSR count). The first-order valence-electron chi connectivity index (χ1n) is 6.07. The lowest BCUT2D eigenvalue weighted by molar-refractivity contribution is 0.0775. The van der Waals surface area contributed by atoms with Gasteiger partial charge in [0.05, 0.1) is 0 Å². The van der Waals surface area contributed by atoms with Crippen LogP contribution in [0.15, 0.2) is 83.1 Å². The minimum atomic E-state index is -3.29. The summed E-state index contributed by atoms with van der Waals surface area (Å²) < 4.78 is 57.4. The van der Waals surface area contributed by atoms with Crippen molar-refractivity contribution in [1.82, 2.24) is 0 Å². The third-order valence-electron chi connectivity index (χ3n) is 3.40. The van der Waals surface area contributed by atoms with Crippen molar-refractivity contribution in [3.63, 3.8) is 0 Å². The molecule has 0 aromatic rings. The van der Waals surface area contributed by atoms with Gasteiger partial charge in [0.15, 0.2) is 0 Å². The van der Waals surface area contributed by atoms with E-state index in [9.17, 15) is 17.6 Å². The second-order valence-corrected chi connectivity index (χ2v) is 4.70. The van der Waals surface area contributed by atoms with Gasteiger partial charge in [-0.1, -0.05) is 48.6 Å². The number of rotatable bonds is 0. The molecule has 4 heteroatoms. The van der Waals surface area contributed by atoms with Crippen molar-refractivity contribution < 1.29 is 17.6 Å². The molecule has 0 nitrogen and oxygen atoms in total. The minimum absolute atomic E-state index is 0.436. The highest BCUT2D eigenvalue weighted by Crippen LogP contribution is 2.44. The molecule has 0 saturated heterocycles. The SMILES string of the molecule is FC1(F)C2=CC=CC=C1C=C1C=CC=CC(=C2)C1(F)F. The number of alkyl halides is 4. The maximum absolute atomic E-state index is 14.3. The molecule has 102 valence electrons. The molecule has 0 aliphatic heterocycles. The summed E-state index contributed by atoms with van der Waals surface area (Å²) >= 11 is 0. The van der Waals surface area contributed by atoms with Crippen LogP contribution in [0.5, 0.6) is 0 Å². The lowest BCUT2D eigenvalue weighted by atomic mass is 9.88. The summed E-state index contributed by atoms with van der Waals surface area (Å²) in [5.74, 6) is -6.58. The van der Waals surface area contributed by atoms with Gasteiger partial charge in [0.1, 0.15) is 0 Å². The first kappa shape index (κ1) is 12.9. The zero-order valence-electron chi connectivity index (χ0n) is 10.3. The molecule has 0 spiro atoms. The van der Waals surface area contributed by atoms with Crippen LogP contribution in [-0.2, 0) is 0 Å². The Morgan fingerprint density at radius 1 is 0.550 bits per heavy atom. The topological polar surface area (TPSA) is 0 Å². The molecule has 0 aromatic carbocycles. The van der Waals surface area contributed by atoms with Gasteiger partial charge in [0.25, 0.3) is 11.8 Å². The van der Waals surface area contributed by atoms with Crippen molar-refractivity contribution in [2.45, 2.75) is 11.8 Å². The maximum atomic E-state index is 14.3. The van der Waals surface area contributed by atoms with Crippen molar-refractivity contribution >= 4 is 0 Å². The van der Waals surface area contributed by atoms with Crippen molar-refractivity contribution in [2.24, 2.45) is 0 Å². The van der Waals surface area contributed by atoms with Crippen LogP contribution in [0.25, 0.3) is 0 Å². The third-order valence-corrected chi connectivity index (χ3v) is 3.40. The standard InChI is InChI=1S/C16H10F4/c17-15(18)11-5-1-2-6-12(15)10-14-8-4-3-7-13(9-11)16(14,19)20/h1-10H. The van der Waals surface area contributed by atoms with Gasteiger partial charge in [-0.25, -0.2) is 0 Å². The first-order valence-corrected chi connectivity index (χ1v) is 6.07. The summed E-state index contributed by atoms with van der Waals surface area (Å²) in [6.07, 6.45) is 12.1. The van der Waals surface area contributed by atoms with E-state index in [1.54, 1.807) is 0 Å². The van der Waals surface area contributed by atoms with E-state index >= 15 is 0 Å². The molecule has 0 saturated carbocycles. The Bertz CT molecular complexity index is 611. The molecule has 0 aromatic heterocycles. The van der Waals surface area contributed by atoms with Crippen LogP contribution in [-0.4, -0.2) is 11.8 Å². The fourth-order valence-electron chi connectivity index (χ4n) is 2.28. The van der Waals surface area contributed by atoms with Crippen molar-refractivity contribution in [3.8, 4) is 0 Å². The molecule has 4 bridgehead atoms. The number of hydrogen-bond acceptors (Lipinski definition) is 0. The Morgan fingerprint density at radius 2 is 0.950 bits per heavy atom. The molecule has 20 heavy (non-hydrogen) atoms. The van der Waals surface area contributed by atoms with Crippen molar-refractivity contribution in [1.29, 1.82) is 0 Å². The smallest absolute Gasteiger partial charge is 0.196 e. The van der Waals surface area contributed by atoms with Crippen LogP contribution in [0.2, 0.25) is 0 Å². The third kappa shape index (κ3) is 1.83. The average Bonchev–Trinajstić information content (AvgIpc) is 2.61. The summed E-state index contributed by atoms with van der Waals surface area (Å²) in [6, 6.07) is 0. The number of halogens is 4. The van der Waals surface area contributed by atoms with Gasteiger partial charge < -0.3 is 0 Å². The zero-order valence-corrected chi connectivity index (χ0v) is 10.3. The van der Waals surface area contributed by atoms with Crippen molar-refractivity contribution in [2.75, 3.05) is 0 Å². The Labute approximate surface area is 113 Å². The predicted octanol–water partition coefficient (Wildman–Crippen LogP) is 4.67. The van der Waals surface area contributed by atoms with E-state index in [-0.39, 0.29) is 0 Å². The number of allylic oxidation sites excluding steroid dienone is 14. The second kappa shape index (κ2) is 4.20. The molecule has 0 atom stereocenters. The summed E-state index contributed by atoms with van der Waals surface area (Å²) in [5, 5.41) is 0. The fraction of sp³-hybridized carbons (Fsp3) is 0.125. The largest absolute Gasteiger partial charge is 0.298 e. The van der Waals surface area contributed by atoms with Crippen LogP contribution < -0.4 is 0 Å². The summed E-state index contributed by atoms with van der Waals surface area (Å²) in [6.45, 7) is 0. The average molecular weight is 278 g/mol. The lowest BCUT2D eigenvalue weighted by Gasteiger charge is -2.26. The van der Waals surface area contributed by atoms with Gasteiger partial charge in [-0.05, 0) is 12.2 Å². The van der Waals surface area contributed by atoms with Crippen LogP contribution in [0.1, 0.15) is 0 Å². The van der Waals surface area contributed by atoms with Gasteiger partial charge in [-0.2, -0.15) is 17.6 Å². The minimum Gasteiger partial charge on any atom is -0.196 e. The van der Waals surface area contributed by atoms with Gasteiger partial charge in [0.2, 0.25) is 0 Å². The zero-order chi connectivity index (χ0) is 14.4. The summed E-state index contributed by atoms with van der Waals surface area (Å²) in [4.78, 5) is 0. The van der Waals surface area contributed by atoms with Crippen LogP contribution in [0.3, 0.4) is 0 Å². The van der Waals surface area contributed by atoms with E-state index in [1.807, 2.05) is 0 Å². The Balaban J connectivity index is 2.36. The highest BCUT2D eigenvalue weighted by atomic mass is 19.3. The van der Waals surface area contributed by atoms with Crippen LogP contribution >= 0.6 is 0 Å². The van der Waals surface area contributed by atoms with E-state index in [0.29, 0.717) is 0 Å². The molecule has 0 heterocycles. The van der Waals surface area contributed by atoms with E-state index in [2.05, 4.69) is 0 Å². The molecular weight excluding hydrogens is 268 g/mol. The highest BCUT2D eigenvalue weighted by Gasteiger charge is 2.44. The molecule has 0 unspecified atom stereocenters. The van der Waals surface area contributed by atoms with Crippen LogP contribution in [0.4, 0.5) is 17.6 Å². The molecule has 0 N–H and O–H groups in total. The van der Waals surface area contributed by atoms with Gasteiger partial charge in [-0.3, -0.25) is 0 Å².